The molecular formula is C9H9FN2. The zero-order valence-corrected chi connectivity index (χ0v) is 6.71. The van der Waals surface area contributed by atoms with Crippen LogP contribution in [0.5, 0.6) is 0 Å². The highest BCUT2D eigenvalue weighted by Gasteiger charge is 2.06. The van der Waals surface area contributed by atoms with Crippen LogP contribution in [-0.2, 0) is 0 Å². The summed E-state index contributed by atoms with van der Waals surface area (Å²) in [6.07, 6.45) is 0. The highest BCUT2D eigenvalue weighted by atomic mass is 19.1. The quantitative estimate of drug-likeness (QED) is 0.687. The van der Waals surface area contributed by atoms with Gasteiger partial charge in [-0.3, -0.25) is 0 Å². The Kier molecular flexibility index (Phi) is 2.41. The summed E-state index contributed by atoms with van der Waals surface area (Å²) < 4.78 is 13.0. The van der Waals surface area contributed by atoms with E-state index in [4.69, 9.17) is 11.0 Å². The van der Waals surface area contributed by atoms with Crippen molar-refractivity contribution < 1.29 is 4.39 Å². The topological polar surface area (TPSA) is 49.8 Å². The highest BCUT2D eigenvalue weighted by molar-refractivity contribution is 5.34. The predicted molar refractivity (Wildman–Crippen MR) is 43.7 cm³/mol. The maximum absolute atomic E-state index is 13.0. The van der Waals surface area contributed by atoms with Crippen LogP contribution in [0.15, 0.2) is 18.2 Å². The summed E-state index contributed by atoms with van der Waals surface area (Å²) in [6.45, 7) is 1.68. The fraction of sp³-hybridized carbons (Fsp3) is 0.222. The molecule has 0 aromatic heterocycles. The van der Waals surface area contributed by atoms with Crippen LogP contribution in [0.25, 0.3) is 0 Å². The number of benzene rings is 1. The van der Waals surface area contributed by atoms with Gasteiger partial charge in [0.25, 0.3) is 0 Å². The molecule has 1 aromatic rings. The highest BCUT2D eigenvalue weighted by Crippen LogP contribution is 2.15. The van der Waals surface area contributed by atoms with E-state index in [0.29, 0.717) is 11.1 Å². The van der Waals surface area contributed by atoms with E-state index < -0.39 is 0 Å². The Morgan fingerprint density at radius 2 is 2.25 bits per heavy atom. The second kappa shape index (κ2) is 3.33. The first kappa shape index (κ1) is 8.69. The summed E-state index contributed by atoms with van der Waals surface area (Å²) in [7, 11) is 0. The molecule has 0 aliphatic carbocycles. The van der Waals surface area contributed by atoms with Crippen LogP contribution in [0.3, 0.4) is 0 Å². The molecule has 1 rings (SSSR count). The number of rotatable bonds is 1. The molecule has 0 saturated carbocycles. The molecule has 0 amide bonds. The summed E-state index contributed by atoms with van der Waals surface area (Å²) >= 11 is 0. The van der Waals surface area contributed by atoms with E-state index >= 15 is 0 Å². The maximum atomic E-state index is 13.0. The molecule has 3 heteroatoms. The summed E-state index contributed by atoms with van der Waals surface area (Å²) in [5.74, 6) is -0.357. The largest absolute Gasteiger partial charge is 0.324 e. The predicted octanol–water partition coefficient (Wildman–Crippen LogP) is 1.72. The fourth-order valence-corrected chi connectivity index (χ4v) is 0.962. The van der Waals surface area contributed by atoms with Crippen LogP contribution in [-0.4, -0.2) is 0 Å². The van der Waals surface area contributed by atoms with Crippen molar-refractivity contribution in [3.63, 3.8) is 0 Å². The van der Waals surface area contributed by atoms with Crippen molar-refractivity contribution in [3.05, 3.63) is 35.1 Å². The minimum atomic E-state index is -0.377. The van der Waals surface area contributed by atoms with Crippen molar-refractivity contribution >= 4 is 0 Å². The molecule has 0 saturated heterocycles. The molecule has 62 valence electrons. The van der Waals surface area contributed by atoms with Crippen molar-refractivity contribution in [1.82, 2.24) is 0 Å². The van der Waals surface area contributed by atoms with Gasteiger partial charge in [0, 0.05) is 11.6 Å². The molecule has 2 N–H and O–H groups in total. The zero-order chi connectivity index (χ0) is 9.14. The lowest BCUT2D eigenvalue weighted by Crippen LogP contribution is -2.07. The average molecular weight is 164 g/mol. The molecule has 1 aromatic carbocycles. The monoisotopic (exact) mass is 164 g/mol. The van der Waals surface area contributed by atoms with Crippen LogP contribution < -0.4 is 5.73 Å². The van der Waals surface area contributed by atoms with E-state index in [1.165, 1.54) is 18.2 Å². The summed E-state index contributed by atoms with van der Waals surface area (Å²) in [4.78, 5) is 0. The molecular weight excluding hydrogens is 155 g/mol. The molecule has 0 spiro atoms. The SMILES string of the molecule is C[C@H](N)c1cc(C#N)ccc1F. The van der Waals surface area contributed by atoms with Crippen molar-refractivity contribution in [2.24, 2.45) is 5.73 Å². The third kappa shape index (κ3) is 1.60. The van der Waals surface area contributed by atoms with Crippen LogP contribution in [0.1, 0.15) is 24.1 Å². The van der Waals surface area contributed by atoms with E-state index in [1.54, 1.807) is 6.92 Å². The number of nitrogens with two attached hydrogens (primary N) is 1. The van der Waals surface area contributed by atoms with Gasteiger partial charge in [-0.2, -0.15) is 5.26 Å². The number of nitriles is 1. The lowest BCUT2D eigenvalue weighted by molar-refractivity contribution is 0.593. The maximum Gasteiger partial charge on any atom is 0.128 e. The van der Waals surface area contributed by atoms with Gasteiger partial charge in [0.1, 0.15) is 5.82 Å². The molecule has 1 atom stereocenters. The number of hydrogen-bond acceptors (Lipinski definition) is 2. The van der Waals surface area contributed by atoms with Gasteiger partial charge in [0.05, 0.1) is 11.6 Å². The number of halogens is 1. The van der Waals surface area contributed by atoms with Crippen LogP contribution in [0, 0.1) is 17.1 Å². The van der Waals surface area contributed by atoms with Gasteiger partial charge in [-0.05, 0) is 25.1 Å². The number of nitrogens with zero attached hydrogens (tertiary/aromatic N) is 1. The molecule has 0 unspecified atom stereocenters. The Labute approximate surface area is 70.4 Å². The normalized spacial score (nSPS) is 12.2. The smallest absolute Gasteiger partial charge is 0.128 e. The Hall–Kier alpha value is -1.40. The molecule has 0 radical (unpaired) electrons. The third-order valence-electron chi connectivity index (χ3n) is 1.62. The molecule has 0 heterocycles. The Morgan fingerprint density at radius 3 is 2.75 bits per heavy atom. The average Bonchev–Trinajstić information content (AvgIpc) is 2.05. The molecule has 12 heavy (non-hydrogen) atoms. The van der Waals surface area contributed by atoms with E-state index in [1.807, 2.05) is 6.07 Å². The first-order valence-electron chi connectivity index (χ1n) is 3.60. The minimum absolute atomic E-state index is 0.357. The van der Waals surface area contributed by atoms with E-state index in [2.05, 4.69) is 0 Å². The lowest BCUT2D eigenvalue weighted by atomic mass is 10.1. The van der Waals surface area contributed by atoms with Gasteiger partial charge in [0.15, 0.2) is 0 Å². The van der Waals surface area contributed by atoms with Gasteiger partial charge in [-0.15, -0.1) is 0 Å². The molecule has 0 aliphatic heterocycles. The second-order valence-electron chi connectivity index (χ2n) is 2.64. The standard InChI is InChI=1S/C9H9FN2/c1-6(12)8-4-7(5-11)2-3-9(8)10/h2-4,6H,12H2,1H3/t6-/m0/s1. The molecule has 0 bridgehead atoms. The lowest BCUT2D eigenvalue weighted by Gasteiger charge is -2.06. The van der Waals surface area contributed by atoms with Gasteiger partial charge >= 0.3 is 0 Å². The van der Waals surface area contributed by atoms with E-state index in [-0.39, 0.29) is 11.9 Å². The molecule has 0 fully saturated rings. The first-order valence-corrected chi connectivity index (χ1v) is 3.60. The Balaban J connectivity index is 3.19. The Bertz CT molecular complexity index is 326. The van der Waals surface area contributed by atoms with Gasteiger partial charge in [-0.1, -0.05) is 0 Å². The van der Waals surface area contributed by atoms with Crippen LogP contribution in [0.2, 0.25) is 0 Å². The summed E-state index contributed by atoms with van der Waals surface area (Å²) in [6, 6.07) is 5.72. The van der Waals surface area contributed by atoms with Crippen LogP contribution >= 0.6 is 0 Å². The van der Waals surface area contributed by atoms with E-state index in [0.717, 1.165) is 0 Å². The van der Waals surface area contributed by atoms with Gasteiger partial charge in [0.2, 0.25) is 0 Å². The minimum Gasteiger partial charge on any atom is -0.324 e. The van der Waals surface area contributed by atoms with Crippen molar-refractivity contribution in [1.29, 1.82) is 5.26 Å². The first-order chi connectivity index (χ1) is 5.65. The van der Waals surface area contributed by atoms with Crippen LogP contribution in [0.4, 0.5) is 4.39 Å². The third-order valence-corrected chi connectivity index (χ3v) is 1.62. The molecule has 2 nitrogen and oxygen atoms in total. The van der Waals surface area contributed by atoms with Gasteiger partial charge in [-0.25, -0.2) is 4.39 Å². The summed E-state index contributed by atoms with van der Waals surface area (Å²) in [5, 5.41) is 8.52. The van der Waals surface area contributed by atoms with Gasteiger partial charge < -0.3 is 5.73 Å². The van der Waals surface area contributed by atoms with Crippen molar-refractivity contribution in [2.75, 3.05) is 0 Å². The zero-order valence-electron chi connectivity index (χ0n) is 6.71. The molecule has 0 aliphatic rings. The summed E-state index contributed by atoms with van der Waals surface area (Å²) in [5.41, 5.74) is 6.31. The van der Waals surface area contributed by atoms with Crippen molar-refractivity contribution in [2.45, 2.75) is 13.0 Å². The number of hydrogen-bond donors (Lipinski definition) is 1. The Morgan fingerprint density at radius 1 is 1.58 bits per heavy atom. The second-order valence-corrected chi connectivity index (χ2v) is 2.64. The van der Waals surface area contributed by atoms with E-state index in [9.17, 15) is 4.39 Å². The van der Waals surface area contributed by atoms with Crippen molar-refractivity contribution in [3.8, 4) is 6.07 Å². The fourth-order valence-electron chi connectivity index (χ4n) is 0.962.